The Balaban J connectivity index is 2.27. The molecule has 0 spiro atoms. The summed E-state index contributed by atoms with van der Waals surface area (Å²) in [6.45, 7) is 6.80. The van der Waals surface area contributed by atoms with E-state index in [-0.39, 0.29) is 6.10 Å². The maximum absolute atomic E-state index is 9.83. The first-order valence-corrected chi connectivity index (χ1v) is 6.64. The molecule has 1 aliphatic heterocycles. The van der Waals surface area contributed by atoms with Gasteiger partial charge in [0.05, 0.1) is 11.8 Å². The predicted molar refractivity (Wildman–Crippen MR) is 72.7 cm³/mol. The number of aromatic nitrogens is 2. The Morgan fingerprint density at radius 2 is 2.22 bits per heavy atom. The molecule has 1 aliphatic rings. The lowest BCUT2D eigenvalue weighted by atomic mass is 9.96. The van der Waals surface area contributed by atoms with E-state index in [4.69, 9.17) is 0 Å². The molecule has 1 saturated heterocycles. The number of aryl methyl sites for hydroxylation is 2. The molecule has 2 unspecified atom stereocenters. The standard InChI is InChI=1S/C13H24N4O/c1-9-8-17(6-5-12(9)18)13-11(7-14-3)10(2)15-16(13)4/h9,12,14,18H,5-8H2,1-4H3. The molecule has 1 aromatic heterocycles. The second-order valence-corrected chi connectivity index (χ2v) is 5.32. The van der Waals surface area contributed by atoms with Crippen molar-refractivity contribution in [2.24, 2.45) is 13.0 Å². The summed E-state index contributed by atoms with van der Waals surface area (Å²) in [5.74, 6) is 1.51. The van der Waals surface area contributed by atoms with E-state index in [1.54, 1.807) is 0 Å². The van der Waals surface area contributed by atoms with Crippen molar-refractivity contribution < 1.29 is 5.11 Å². The number of piperidine rings is 1. The summed E-state index contributed by atoms with van der Waals surface area (Å²) in [6.07, 6.45) is 0.674. The highest BCUT2D eigenvalue weighted by molar-refractivity contribution is 5.50. The van der Waals surface area contributed by atoms with E-state index >= 15 is 0 Å². The molecule has 0 aromatic carbocycles. The Kier molecular flexibility index (Phi) is 3.92. The minimum Gasteiger partial charge on any atom is -0.393 e. The van der Waals surface area contributed by atoms with Gasteiger partial charge >= 0.3 is 0 Å². The van der Waals surface area contributed by atoms with E-state index < -0.39 is 0 Å². The average molecular weight is 252 g/mol. The Morgan fingerprint density at radius 3 is 2.83 bits per heavy atom. The van der Waals surface area contributed by atoms with Crippen molar-refractivity contribution in [2.75, 3.05) is 25.0 Å². The minimum absolute atomic E-state index is 0.164. The summed E-state index contributed by atoms with van der Waals surface area (Å²) >= 11 is 0. The summed E-state index contributed by atoms with van der Waals surface area (Å²) in [6, 6.07) is 0. The zero-order valence-corrected chi connectivity index (χ0v) is 11.8. The first-order valence-electron chi connectivity index (χ1n) is 6.64. The van der Waals surface area contributed by atoms with Crippen LogP contribution in [0.2, 0.25) is 0 Å². The Bertz CT molecular complexity index is 415. The molecule has 2 N–H and O–H groups in total. The molecule has 0 saturated carbocycles. The molecule has 2 heterocycles. The third-order valence-electron chi connectivity index (χ3n) is 3.83. The predicted octanol–water partition coefficient (Wildman–Crippen LogP) is 0.655. The molecule has 102 valence electrons. The first kappa shape index (κ1) is 13.4. The van der Waals surface area contributed by atoms with Gasteiger partial charge in [0, 0.05) is 32.2 Å². The van der Waals surface area contributed by atoms with Gasteiger partial charge in [-0.2, -0.15) is 5.10 Å². The van der Waals surface area contributed by atoms with Gasteiger partial charge in [-0.05, 0) is 26.3 Å². The van der Waals surface area contributed by atoms with E-state index in [1.807, 2.05) is 18.8 Å². The number of aliphatic hydroxyl groups excluding tert-OH is 1. The molecule has 0 bridgehead atoms. The largest absolute Gasteiger partial charge is 0.393 e. The number of aliphatic hydroxyl groups is 1. The fourth-order valence-electron chi connectivity index (χ4n) is 2.79. The topological polar surface area (TPSA) is 53.3 Å². The highest BCUT2D eigenvalue weighted by atomic mass is 16.3. The van der Waals surface area contributed by atoms with Crippen LogP contribution in [0.15, 0.2) is 0 Å². The van der Waals surface area contributed by atoms with Crippen LogP contribution in [0.3, 0.4) is 0 Å². The fraction of sp³-hybridized carbons (Fsp3) is 0.769. The van der Waals surface area contributed by atoms with Crippen molar-refractivity contribution in [3.63, 3.8) is 0 Å². The van der Waals surface area contributed by atoms with Gasteiger partial charge in [0.15, 0.2) is 0 Å². The maximum Gasteiger partial charge on any atom is 0.131 e. The van der Waals surface area contributed by atoms with Crippen LogP contribution >= 0.6 is 0 Å². The monoisotopic (exact) mass is 252 g/mol. The minimum atomic E-state index is -0.164. The van der Waals surface area contributed by atoms with Crippen LogP contribution in [0.4, 0.5) is 5.82 Å². The summed E-state index contributed by atoms with van der Waals surface area (Å²) in [7, 11) is 3.95. The number of hydrogen-bond donors (Lipinski definition) is 2. The van der Waals surface area contributed by atoms with Gasteiger partial charge in [-0.1, -0.05) is 6.92 Å². The zero-order chi connectivity index (χ0) is 13.3. The van der Waals surface area contributed by atoms with Crippen LogP contribution in [0, 0.1) is 12.8 Å². The van der Waals surface area contributed by atoms with Crippen LogP contribution in [0.5, 0.6) is 0 Å². The first-order chi connectivity index (χ1) is 8.54. The lowest BCUT2D eigenvalue weighted by Gasteiger charge is -2.36. The summed E-state index contributed by atoms with van der Waals surface area (Å²) in [4.78, 5) is 2.35. The lowest BCUT2D eigenvalue weighted by molar-refractivity contribution is 0.0966. The number of nitrogens with zero attached hydrogens (tertiary/aromatic N) is 3. The van der Waals surface area contributed by atoms with Crippen LogP contribution in [0.1, 0.15) is 24.6 Å². The van der Waals surface area contributed by atoms with Gasteiger partial charge in [-0.15, -0.1) is 0 Å². The Labute approximate surface area is 109 Å². The van der Waals surface area contributed by atoms with Gasteiger partial charge in [-0.3, -0.25) is 4.68 Å². The van der Waals surface area contributed by atoms with Crippen LogP contribution in [0.25, 0.3) is 0 Å². The SMILES string of the molecule is CNCc1c(C)nn(C)c1N1CCC(O)C(C)C1. The van der Waals surface area contributed by atoms with Crippen molar-refractivity contribution in [1.82, 2.24) is 15.1 Å². The van der Waals surface area contributed by atoms with Crippen molar-refractivity contribution in [3.05, 3.63) is 11.3 Å². The van der Waals surface area contributed by atoms with E-state index in [0.29, 0.717) is 5.92 Å². The number of rotatable bonds is 3. The number of anilines is 1. The second-order valence-electron chi connectivity index (χ2n) is 5.32. The van der Waals surface area contributed by atoms with Crippen molar-refractivity contribution in [2.45, 2.75) is 32.9 Å². The summed E-state index contributed by atoms with van der Waals surface area (Å²) in [5.41, 5.74) is 2.35. The Morgan fingerprint density at radius 1 is 1.50 bits per heavy atom. The number of nitrogens with one attached hydrogen (secondary N) is 1. The van der Waals surface area contributed by atoms with E-state index in [2.05, 4.69) is 29.2 Å². The summed E-state index contributed by atoms with van der Waals surface area (Å²) in [5, 5.41) is 17.6. The number of hydrogen-bond acceptors (Lipinski definition) is 4. The van der Waals surface area contributed by atoms with Gasteiger partial charge in [0.1, 0.15) is 5.82 Å². The van der Waals surface area contributed by atoms with Gasteiger partial charge in [0.25, 0.3) is 0 Å². The second kappa shape index (κ2) is 5.28. The smallest absolute Gasteiger partial charge is 0.131 e. The Hall–Kier alpha value is -1.07. The molecule has 18 heavy (non-hydrogen) atoms. The molecule has 1 fully saturated rings. The fourth-order valence-corrected chi connectivity index (χ4v) is 2.79. The van der Waals surface area contributed by atoms with Crippen LogP contribution in [-0.2, 0) is 13.6 Å². The molecular weight excluding hydrogens is 228 g/mol. The van der Waals surface area contributed by atoms with Gasteiger partial charge < -0.3 is 15.3 Å². The third-order valence-corrected chi connectivity index (χ3v) is 3.83. The van der Waals surface area contributed by atoms with Crippen molar-refractivity contribution >= 4 is 5.82 Å². The highest BCUT2D eigenvalue weighted by Gasteiger charge is 2.28. The van der Waals surface area contributed by atoms with Crippen molar-refractivity contribution in [3.8, 4) is 0 Å². The van der Waals surface area contributed by atoms with Crippen molar-refractivity contribution in [1.29, 1.82) is 0 Å². The maximum atomic E-state index is 9.83. The molecular formula is C13H24N4O. The molecule has 5 heteroatoms. The zero-order valence-electron chi connectivity index (χ0n) is 11.8. The third kappa shape index (κ3) is 2.37. The van der Waals surface area contributed by atoms with Crippen LogP contribution in [-0.4, -0.2) is 41.1 Å². The summed E-state index contributed by atoms with van der Waals surface area (Å²) < 4.78 is 1.96. The van der Waals surface area contributed by atoms with Crippen LogP contribution < -0.4 is 10.2 Å². The molecule has 0 radical (unpaired) electrons. The lowest BCUT2D eigenvalue weighted by Crippen LogP contribution is -2.43. The normalized spacial score (nSPS) is 24.6. The van der Waals surface area contributed by atoms with Gasteiger partial charge in [-0.25, -0.2) is 0 Å². The molecule has 0 aliphatic carbocycles. The average Bonchev–Trinajstić information content (AvgIpc) is 2.59. The molecule has 5 nitrogen and oxygen atoms in total. The highest BCUT2D eigenvalue weighted by Crippen LogP contribution is 2.28. The molecule has 1 aromatic rings. The van der Waals surface area contributed by atoms with E-state index in [0.717, 1.165) is 31.7 Å². The molecule has 0 amide bonds. The molecule has 2 atom stereocenters. The van der Waals surface area contributed by atoms with Gasteiger partial charge in [0.2, 0.25) is 0 Å². The molecule has 2 rings (SSSR count). The quantitative estimate of drug-likeness (QED) is 0.829. The van der Waals surface area contributed by atoms with E-state index in [9.17, 15) is 5.11 Å². The van der Waals surface area contributed by atoms with E-state index in [1.165, 1.54) is 11.4 Å².